The fraction of sp³-hybridized carbons (Fsp3) is 0.125. The zero-order valence-electron chi connectivity index (χ0n) is 13.0. The van der Waals surface area contributed by atoms with Gasteiger partial charge in [0.15, 0.2) is 11.9 Å². The van der Waals surface area contributed by atoms with Crippen LogP contribution in [0.3, 0.4) is 0 Å². The van der Waals surface area contributed by atoms with Crippen LogP contribution < -0.4 is 10.2 Å². The van der Waals surface area contributed by atoms with Crippen LogP contribution in [0.1, 0.15) is 12.5 Å². The van der Waals surface area contributed by atoms with Crippen LogP contribution in [-0.4, -0.2) is 23.1 Å². The number of ether oxygens (including phenoxy) is 1. The third-order valence-corrected chi connectivity index (χ3v) is 3.93. The van der Waals surface area contributed by atoms with E-state index in [-0.39, 0.29) is 11.4 Å². The number of carbonyl (C=O) groups excluding carboxylic acids is 1. The first kappa shape index (κ1) is 18.7. The van der Waals surface area contributed by atoms with Crippen LogP contribution in [0.4, 0.5) is 5.69 Å². The van der Waals surface area contributed by atoms with Crippen LogP contribution in [0.5, 0.6) is 5.75 Å². The quantitative estimate of drug-likeness (QED) is 0.467. The molecule has 0 bridgehead atoms. The molecule has 2 aromatic carbocycles. The molecule has 0 spiro atoms. The lowest BCUT2D eigenvalue weighted by atomic mass is 10.2. The first-order chi connectivity index (χ1) is 11.9. The maximum Gasteiger partial charge on any atom is 0.310 e. The maximum absolute atomic E-state index is 12.0. The highest BCUT2D eigenvalue weighted by atomic mass is 35.5. The van der Waals surface area contributed by atoms with Crippen molar-refractivity contribution in [2.45, 2.75) is 13.0 Å². The zero-order chi connectivity index (χ0) is 18.4. The summed E-state index contributed by atoms with van der Waals surface area (Å²) < 4.78 is 5.34. The number of rotatable bonds is 6. The van der Waals surface area contributed by atoms with E-state index in [1.807, 2.05) is 0 Å². The van der Waals surface area contributed by atoms with Crippen molar-refractivity contribution in [3.05, 3.63) is 68.2 Å². The van der Waals surface area contributed by atoms with Crippen LogP contribution in [0, 0.1) is 10.1 Å². The Hall–Kier alpha value is -2.64. The number of nitrogens with zero attached hydrogens (tertiary/aromatic N) is 2. The van der Waals surface area contributed by atoms with E-state index in [0.29, 0.717) is 15.6 Å². The van der Waals surface area contributed by atoms with Gasteiger partial charge in [-0.2, -0.15) is 5.10 Å². The van der Waals surface area contributed by atoms with E-state index in [2.05, 4.69) is 10.5 Å². The average Bonchev–Trinajstić information content (AvgIpc) is 2.58. The van der Waals surface area contributed by atoms with Gasteiger partial charge in [0.05, 0.1) is 21.2 Å². The number of benzene rings is 2. The van der Waals surface area contributed by atoms with Crippen molar-refractivity contribution >= 4 is 41.0 Å². The summed E-state index contributed by atoms with van der Waals surface area (Å²) in [6.07, 6.45) is 0.345. The van der Waals surface area contributed by atoms with Crippen molar-refractivity contribution < 1.29 is 14.5 Å². The third-order valence-electron chi connectivity index (χ3n) is 3.09. The van der Waals surface area contributed by atoms with Gasteiger partial charge in [-0.3, -0.25) is 14.9 Å². The molecular weight excluding hydrogens is 369 g/mol. The minimum absolute atomic E-state index is 0.00276. The highest BCUT2D eigenvalue weighted by Crippen LogP contribution is 2.27. The molecule has 0 fully saturated rings. The average molecular weight is 382 g/mol. The second-order valence-electron chi connectivity index (χ2n) is 4.86. The normalized spacial score (nSPS) is 12.0. The third kappa shape index (κ3) is 4.91. The van der Waals surface area contributed by atoms with E-state index in [1.165, 1.54) is 31.3 Å². The summed E-state index contributed by atoms with van der Waals surface area (Å²) in [7, 11) is 0. The Morgan fingerprint density at radius 2 is 2.00 bits per heavy atom. The van der Waals surface area contributed by atoms with Gasteiger partial charge in [0, 0.05) is 11.6 Å². The number of hydrogen-bond donors (Lipinski definition) is 1. The Kier molecular flexibility index (Phi) is 6.32. The lowest BCUT2D eigenvalue weighted by molar-refractivity contribution is -0.386. The number of nitro benzene ring substituents is 1. The molecule has 1 amide bonds. The van der Waals surface area contributed by atoms with Crippen LogP contribution >= 0.6 is 23.2 Å². The van der Waals surface area contributed by atoms with Crippen molar-refractivity contribution in [1.82, 2.24) is 5.43 Å². The first-order valence-corrected chi connectivity index (χ1v) is 7.82. The fourth-order valence-corrected chi connectivity index (χ4v) is 2.18. The molecule has 1 unspecified atom stereocenters. The standard InChI is InChI=1S/C16H13Cl2N3O4/c1-10(25-14-8-3-2-7-13(14)21(23)24)16(22)20-19-9-11-5-4-6-12(17)15(11)18/h2-10H,1H3,(H,20,22)/b19-9-. The summed E-state index contributed by atoms with van der Waals surface area (Å²) in [5, 5.41) is 15.4. The number of amides is 1. The van der Waals surface area contributed by atoms with Gasteiger partial charge in [-0.05, 0) is 19.1 Å². The summed E-state index contributed by atoms with van der Waals surface area (Å²) in [6.45, 7) is 1.45. The lowest BCUT2D eigenvalue weighted by Gasteiger charge is -2.12. The lowest BCUT2D eigenvalue weighted by Crippen LogP contribution is -2.33. The van der Waals surface area contributed by atoms with Gasteiger partial charge in [0.1, 0.15) is 0 Å². The van der Waals surface area contributed by atoms with E-state index < -0.39 is 16.9 Å². The molecule has 0 saturated heterocycles. The first-order valence-electron chi connectivity index (χ1n) is 7.07. The summed E-state index contributed by atoms with van der Waals surface area (Å²) >= 11 is 11.9. The number of hydrogen-bond acceptors (Lipinski definition) is 5. The van der Waals surface area contributed by atoms with E-state index in [4.69, 9.17) is 27.9 Å². The Bertz CT molecular complexity index is 827. The summed E-state index contributed by atoms with van der Waals surface area (Å²) in [6, 6.07) is 10.8. The van der Waals surface area contributed by atoms with Crippen LogP contribution in [0.15, 0.2) is 47.6 Å². The smallest absolute Gasteiger partial charge is 0.310 e. The highest BCUT2D eigenvalue weighted by molar-refractivity contribution is 6.43. The second-order valence-corrected chi connectivity index (χ2v) is 5.65. The Morgan fingerprint density at radius 1 is 1.28 bits per heavy atom. The predicted molar refractivity (Wildman–Crippen MR) is 95.4 cm³/mol. The van der Waals surface area contributed by atoms with E-state index in [1.54, 1.807) is 24.3 Å². The van der Waals surface area contributed by atoms with E-state index in [0.717, 1.165) is 0 Å². The molecule has 1 atom stereocenters. The van der Waals surface area contributed by atoms with Gasteiger partial charge < -0.3 is 4.74 Å². The fourth-order valence-electron chi connectivity index (χ4n) is 1.83. The highest BCUT2D eigenvalue weighted by Gasteiger charge is 2.20. The summed E-state index contributed by atoms with van der Waals surface area (Å²) in [4.78, 5) is 22.3. The molecule has 0 radical (unpaired) electrons. The molecule has 0 aromatic heterocycles. The molecule has 130 valence electrons. The molecule has 0 saturated carbocycles. The Labute approximate surface area is 153 Å². The van der Waals surface area contributed by atoms with Crippen LogP contribution in [-0.2, 0) is 4.79 Å². The van der Waals surface area contributed by atoms with Gasteiger partial charge in [0.25, 0.3) is 5.91 Å². The number of nitrogens with one attached hydrogen (secondary N) is 1. The minimum Gasteiger partial charge on any atom is -0.474 e. The number of nitro groups is 1. The van der Waals surface area contributed by atoms with Gasteiger partial charge in [-0.15, -0.1) is 0 Å². The summed E-state index contributed by atoms with van der Waals surface area (Å²) in [5.41, 5.74) is 2.58. The van der Waals surface area contributed by atoms with Gasteiger partial charge >= 0.3 is 5.69 Å². The monoisotopic (exact) mass is 381 g/mol. The van der Waals surface area contributed by atoms with Crippen LogP contribution in [0.2, 0.25) is 10.0 Å². The zero-order valence-corrected chi connectivity index (χ0v) is 14.5. The number of hydrazone groups is 1. The van der Waals surface area contributed by atoms with Crippen molar-refractivity contribution in [3.63, 3.8) is 0 Å². The van der Waals surface area contributed by atoms with Crippen LogP contribution in [0.25, 0.3) is 0 Å². The van der Waals surface area contributed by atoms with E-state index in [9.17, 15) is 14.9 Å². The minimum atomic E-state index is -0.993. The number of halogens is 2. The van der Waals surface area contributed by atoms with Gasteiger partial charge in [-0.25, -0.2) is 5.43 Å². The topological polar surface area (TPSA) is 93.8 Å². The van der Waals surface area contributed by atoms with Crippen molar-refractivity contribution in [2.75, 3.05) is 0 Å². The maximum atomic E-state index is 12.0. The van der Waals surface area contributed by atoms with Gasteiger partial charge in [0.2, 0.25) is 0 Å². The molecule has 0 aliphatic rings. The number of carbonyl (C=O) groups is 1. The number of para-hydroxylation sites is 2. The van der Waals surface area contributed by atoms with Gasteiger partial charge in [-0.1, -0.05) is 47.5 Å². The SMILES string of the molecule is CC(Oc1ccccc1[N+](=O)[O-])C(=O)N/N=C\c1cccc(Cl)c1Cl. The second kappa shape index (κ2) is 8.46. The molecule has 0 heterocycles. The molecule has 0 aliphatic carbocycles. The molecule has 7 nitrogen and oxygen atoms in total. The van der Waals surface area contributed by atoms with Crippen molar-refractivity contribution in [2.24, 2.45) is 5.10 Å². The molecular formula is C16H13Cl2N3O4. The Morgan fingerprint density at radius 3 is 2.72 bits per heavy atom. The molecule has 0 aliphatic heterocycles. The van der Waals surface area contributed by atoms with Crippen molar-refractivity contribution in [3.8, 4) is 5.75 Å². The van der Waals surface area contributed by atoms with Crippen molar-refractivity contribution in [1.29, 1.82) is 0 Å². The molecule has 9 heteroatoms. The largest absolute Gasteiger partial charge is 0.474 e. The molecule has 25 heavy (non-hydrogen) atoms. The molecule has 2 aromatic rings. The molecule has 2 rings (SSSR count). The Balaban J connectivity index is 2.00. The predicted octanol–water partition coefficient (Wildman–Crippen LogP) is 3.82. The molecule has 1 N–H and O–H groups in total. The summed E-state index contributed by atoms with van der Waals surface area (Å²) in [5.74, 6) is -0.579. The van der Waals surface area contributed by atoms with E-state index >= 15 is 0 Å².